The van der Waals surface area contributed by atoms with Crippen LogP contribution in [0.15, 0.2) is 6.20 Å². The molecule has 0 unspecified atom stereocenters. The summed E-state index contributed by atoms with van der Waals surface area (Å²) in [5.74, 6) is 0.173. The van der Waals surface area contributed by atoms with E-state index in [-0.39, 0.29) is 5.69 Å². The minimum absolute atomic E-state index is 0.137. The third-order valence-electron chi connectivity index (χ3n) is 2.44. The molecule has 1 heterocycles. The molecule has 0 radical (unpaired) electrons. The Bertz CT molecular complexity index is 385. The molecule has 6 nitrogen and oxygen atoms in total. The number of anilines is 1. The first-order valence-corrected chi connectivity index (χ1v) is 5.19. The summed E-state index contributed by atoms with van der Waals surface area (Å²) in [5, 5.41) is 3.99. The Hall–Kier alpha value is -1.56. The number of carbonyl (C=O) groups excluding carboxylic acids is 1. The third-order valence-corrected chi connectivity index (χ3v) is 2.44. The number of esters is 1. The van der Waals surface area contributed by atoms with Crippen LogP contribution in [-0.2, 0) is 16.2 Å². The number of hydrogen-bond donors (Lipinski definition) is 1. The number of nitrogens with two attached hydrogens (primary N) is 1. The first-order chi connectivity index (χ1) is 7.70. The van der Waals surface area contributed by atoms with E-state index in [0.29, 0.717) is 18.3 Å². The summed E-state index contributed by atoms with van der Waals surface area (Å²) >= 11 is 0. The van der Waals surface area contributed by atoms with E-state index in [9.17, 15) is 4.79 Å². The molecule has 0 aromatic carbocycles. The first kappa shape index (κ1) is 10.9. The highest BCUT2D eigenvalue weighted by molar-refractivity contribution is 5.92. The fourth-order valence-corrected chi connectivity index (χ4v) is 1.36. The van der Waals surface area contributed by atoms with E-state index in [2.05, 4.69) is 9.84 Å². The first-order valence-electron chi connectivity index (χ1n) is 5.19. The van der Waals surface area contributed by atoms with Crippen molar-refractivity contribution in [3.8, 4) is 0 Å². The van der Waals surface area contributed by atoms with E-state index >= 15 is 0 Å². The average molecular weight is 225 g/mol. The smallest absolute Gasteiger partial charge is 0.360 e. The van der Waals surface area contributed by atoms with Crippen LogP contribution in [0.5, 0.6) is 0 Å². The molecule has 1 aliphatic carbocycles. The molecule has 2 N–H and O–H groups in total. The van der Waals surface area contributed by atoms with Crippen LogP contribution >= 0.6 is 0 Å². The number of hydrogen-bond acceptors (Lipinski definition) is 5. The highest BCUT2D eigenvalue weighted by atomic mass is 16.5. The molecule has 1 aliphatic rings. The predicted molar refractivity (Wildman–Crippen MR) is 56.7 cm³/mol. The number of aromatic nitrogens is 2. The molecule has 0 atom stereocenters. The van der Waals surface area contributed by atoms with Gasteiger partial charge < -0.3 is 15.2 Å². The van der Waals surface area contributed by atoms with E-state index in [1.807, 2.05) is 0 Å². The number of nitrogens with zero attached hydrogens (tertiary/aromatic N) is 2. The topological polar surface area (TPSA) is 79.4 Å². The molecule has 0 bridgehead atoms. The summed E-state index contributed by atoms with van der Waals surface area (Å²) in [7, 11) is 1.30. The minimum atomic E-state index is -0.529. The van der Waals surface area contributed by atoms with E-state index in [0.717, 1.165) is 6.61 Å². The molecule has 16 heavy (non-hydrogen) atoms. The lowest BCUT2D eigenvalue weighted by atomic mass is 10.4. The molecule has 1 saturated carbocycles. The van der Waals surface area contributed by atoms with Crippen molar-refractivity contribution < 1.29 is 14.3 Å². The summed E-state index contributed by atoms with van der Waals surface area (Å²) in [6, 6.07) is 0. The number of rotatable bonds is 5. The van der Waals surface area contributed by atoms with Crippen molar-refractivity contribution >= 4 is 11.7 Å². The minimum Gasteiger partial charge on any atom is -0.464 e. The van der Waals surface area contributed by atoms with E-state index in [1.54, 1.807) is 6.20 Å². The van der Waals surface area contributed by atoms with Gasteiger partial charge in [0.2, 0.25) is 0 Å². The van der Waals surface area contributed by atoms with Gasteiger partial charge in [0.15, 0.2) is 5.69 Å². The molecule has 0 aliphatic heterocycles. The Balaban J connectivity index is 1.91. The molecule has 1 aromatic rings. The van der Waals surface area contributed by atoms with Gasteiger partial charge in [-0.25, -0.2) is 9.48 Å². The van der Waals surface area contributed by atoms with Crippen molar-refractivity contribution in [3.05, 3.63) is 11.9 Å². The van der Waals surface area contributed by atoms with Crippen LogP contribution in [0.1, 0.15) is 23.3 Å². The van der Waals surface area contributed by atoms with E-state index in [4.69, 9.17) is 10.5 Å². The van der Waals surface area contributed by atoms with Gasteiger partial charge >= 0.3 is 5.97 Å². The zero-order chi connectivity index (χ0) is 11.5. The largest absolute Gasteiger partial charge is 0.464 e. The van der Waals surface area contributed by atoms with Gasteiger partial charge in [0.25, 0.3) is 0 Å². The maximum Gasteiger partial charge on any atom is 0.360 e. The second-order valence-corrected chi connectivity index (χ2v) is 3.91. The maximum atomic E-state index is 11.2. The average Bonchev–Trinajstić information content (AvgIpc) is 3.01. The molecule has 1 aromatic heterocycles. The van der Waals surface area contributed by atoms with Gasteiger partial charge in [0.05, 0.1) is 25.6 Å². The summed E-state index contributed by atoms with van der Waals surface area (Å²) in [4.78, 5) is 11.2. The third kappa shape index (κ3) is 2.52. The predicted octanol–water partition coefficient (Wildman–Crippen LogP) is 0.636. The quantitative estimate of drug-likeness (QED) is 0.744. The maximum absolute atomic E-state index is 11.2. The monoisotopic (exact) mass is 225 g/mol. The molecular formula is C10H15N3O3. The summed E-state index contributed by atoms with van der Waals surface area (Å²) < 4.78 is 11.5. The molecule has 0 saturated heterocycles. The van der Waals surface area contributed by atoms with Gasteiger partial charge in [0.1, 0.15) is 6.73 Å². The molecule has 0 amide bonds. The Morgan fingerprint density at radius 3 is 3.06 bits per heavy atom. The zero-order valence-corrected chi connectivity index (χ0v) is 9.18. The molecule has 0 spiro atoms. The number of ether oxygens (including phenoxy) is 2. The van der Waals surface area contributed by atoms with Gasteiger partial charge in [-0.15, -0.1) is 0 Å². The van der Waals surface area contributed by atoms with E-state index < -0.39 is 5.97 Å². The van der Waals surface area contributed by atoms with Crippen molar-refractivity contribution in [2.75, 3.05) is 19.5 Å². The Kier molecular flexibility index (Phi) is 3.09. The van der Waals surface area contributed by atoms with Gasteiger partial charge in [-0.05, 0) is 18.8 Å². The Morgan fingerprint density at radius 2 is 2.44 bits per heavy atom. The van der Waals surface area contributed by atoms with Crippen LogP contribution < -0.4 is 5.73 Å². The standard InChI is InChI=1S/C10H15N3O3/c1-15-10(14)9-8(11)4-13(12-9)6-16-5-7-2-3-7/h4,7H,2-3,5-6,11H2,1H3. The molecule has 2 rings (SSSR count). The molecule has 88 valence electrons. The number of methoxy groups -OCH3 is 1. The highest BCUT2D eigenvalue weighted by Crippen LogP contribution is 2.28. The van der Waals surface area contributed by atoms with Gasteiger partial charge in [-0.1, -0.05) is 0 Å². The van der Waals surface area contributed by atoms with Crippen molar-refractivity contribution in [3.63, 3.8) is 0 Å². The highest BCUT2D eigenvalue weighted by Gasteiger charge is 2.21. The Labute approximate surface area is 93.3 Å². The second-order valence-electron chi connectivity index (χ2n) is 3.91. The summed E-state index contributed by atoms with van der Waals surface area (Å²) in [6.45, 7) is 1.06. The molecule has 1 fully saturated rings. The van der Waals surface area contributed by atoms with Crippen LogP contribution in [0.25, 0.3) is 0 Å². The van der Waals surface area contributed by atoms with Gasteiger partial charge in [-0.3, -0.25) is 0 Å². The van der Waals surface area contributed by atoms with Crippen molar-refractivity contribution in [1.82, 2.24) is 9.78 Å². The number of carbonyl (C=O) groups is 1. The lowest BCUT2D eigenvalue weighted by Crippen LogP contribution is -2.08. The van der Waals surface area contributed by atoms with Crippen molar-refractivity contribution in [2.45, 2.75) is 19.6 Å². The normalized spacial score (nSPS) is 15.1. The van der Waals surface area contributed by atoms with Crippen molar-refractivity contribution in [2.24, 2.45) is 5.92 Å². The van der Waals surface area contributed by atoms with Crippen LogP contribution in [0.4, 0.5) is 5.69 Å². The fourth-order valence-electron chi connectivity index (χ4n) is 1.36. The van der Waals surface area contributed by atoms with E-state index in [1.165, 1.54) is 24.6 Å². The number of nitrogen functional groups attached to an aromatic ring is 1. The van der Waals surface area contributed by atoms with Crippen LogP contribution in [0, 0.1) is 5.92 Å². The van der Waals surface area contributed by atoms with Crippen LogP contribution in [0.2, 0.25) is 0 Å². The second kappa shape index (κ2) is 4.52. The fraction of sp³-hybridized carbons (Fsp3) is 0.600. The lowest BCUT2D eigenvalue weighted by molar-refractivity contribution is 0.0555. The van der Waals surface area contributed by atoms with Crippen LogP contribution in [0.3, 0.4) is 0 Å². The Morgan fingerprint density at radius 1 is 1.69 bits per heavy atom. The molecular weight excluding hydrogens is 210 g/mol. The summed E-state index contributed by atoms with van der Waals surface area (Å²) in [5.41, 5.74) is 6.07. The summed E-state index contributed by atoms with van der Waals surface area (Å²) in [6.07, 6.45) is 4.06. The van der Waals surface area contributed by atoms with Crippen LogP contribution in [-0.4, -0.2) is 29.5 Å². The van der Waals surface area contributed by atoms with Gasteiger partial charge in [0, 0.05) is 0 Å². The molecule has 6 heteroatoms. The SMILES string of the molecule is COC(=O)c1nn(COCC2CC2)cc1N. The van der Waals surface area contributed by atoms with Gasteiger partial charge in [-0.2, -0.15) is 5.10 Å². The lowest BCUT2D eigenvalue weighted by Gasteiger charge is -2.02. The zero-order valence-electron chi connectivity index (χ0n) is 9.18. The van der Waals surface area contributed by atoms with Crippen molar-refractivity contribution in [1.29, 1.82) is 0 Å².